The lowest BCUT2D eigenvalue weighted by molar-refractivity contribution is -0.137. The lowest BCUT2D eigenvalue weighted by Gasteiger charge is -2.37. The van der Waals surface area contributed by atoms with Crippen molar-refractivity contribution in [3.63, 3.8) is 0 Å². The van der Waals surface area contributed by atoms with Crippen molar-refractivity contribution in [2.75, 3.05) is 5.73 Å². The lowest BCUT2D eigenvalue weighted by atomic mass is 9.68. The number of pyridine rings is 1. The van der Waals surface area contributed by atoms with Crippen LogP contribution < -0.4 is 5.73 Å². The van der Waals surface area contributed by atoms with E-state index < -0.39 is 11.7 Å². The normalized spacial score (nSPS) is 21.9. The van der Waals surface area contributed by atoms with Gasteiger partial charge in [0.15, 0.2) is 0 Å². The van der Waals surface area contributed by atoms with E-state index >= 15 is 0 Å². The number of alkyl halides is 3. The molecule has 5 heteroatoms. The summed E-state index contributed by atoms with van der Waals surface area (Å²) in [7, 11) is 0. The van der Waals surface area contributed by atoms with Gasteiger partial charge in [-0.15, -0.1) is 0 Å². The molecule has 0 amide bonds. The first-order valence-electron chi connectivity index (χ1n) is 6.84. The van der Waals surface area contributed by atoms with Gasteiger partial charge in [0, 0.05) is 12.1 Å². The SMILES string of the molecule is Nc1cccnc1C1CCC1c1ccc(C(F)(F)F)cc1. The van der Waals surface area contributed by atoms with Crippen molar-refractivity contribution in [2.24, 2.45) is 0 Å². The molecule has 21 heavy (non-hydrogen) atoms. The topological polar surface area (TPSA) is 38.9 Å². The van der Waals surface area contributed by atoms with Crippen molar-refractivity contribution in [2.45, 2.75) is 30.9 Å². The lowest BCUT2D eigenvalue weighted by Crippen LogP contribution is -2.23. The molecular formula is C16H15F3N2. The maximum absolute atomic E-state index is 12.6. The second kappa shape index (κ2) is 5.06. The minimum absolute atomic E-state index is 0.197. The molecule has 0 saturated heterocycles. The van der Waals surface area contributed by atoms with Gasteiger partial charge in [0.25, 0.3) is 0 Å². The second-order valence-corrected chi connectivity index (χ2v) is 5.39. The highest BCUT2D eigenvalue weighted by Crippen LogP contribution is 2.49. The van der Waals surface area contributed by atoms with Gasteiger partial charge >= 0.3 is 6.18 Å². The van der Waals surface area contributed by atoms with E-state index in [9.17, 15) is 13.2 Å². The Hall–Kier alpha value is -2.04. The van der Waals surface area contributed by atoms with E-state index in [1.807, 2.05) is 6.07 Å². The summed E-state index contributed by atoms with van der Waals surface area (Å²) >= 11 is 0. The van der Waals surface area contributed by atoms with Crippen molar-refractivity contribution in [1.29, 1.82) is 0 Å². The number of hydrogen-bond donors (Lipinski definition) is 1. The highest BCUT2D eigenvalue weighted by molar-refractivity contribution is 5.46. The third kappa shape index (κ3) is 2.60. The fourth-order valence-corrected chi connectivity index (χ4v) is 2.89. The van der Waals surface area contributed by atoms with Gasteiger partial charge in [-0.05, 0) is 48.6 Å². The Bertz CT molecular complexity index is 635. The average molecular weight is 292 g/mol. The number of nitrogens with two attached hydrogens (primary N) is 1. The molecular weight excluding hydrogens is 277 g/mol. The van der Waals surface area contributed by atoms with Gasteiger partial charge in [0.05, 0.1) is 16.9 Å². The molecule has 2 atom stereocenters. The molecule has 0 bridgehead atoms. The third-order valence-corrected chi connectivity index (χ3v) is 4.16. The van der Waals surface area contributed by atoms with Crippen LogP contribution in [0.4, 0.5) is 18.9 Å². The maximum atomic E-state index is 12.6. The highest BCUT2D eigenvalue weighted by atomic mass is 19.4. The Morgan fingerprint density at radius 3 is 2.19 bits per heavy atom. The van der Waals surface area contributed by atoms with E-state index in [0.717, 1.165) is 36.2 Å². The van der Waals surface area contributed by atoms with Gasteiger partial charge in [0.2, 0.25) is 0 Å². The van der Waals surface area contributed by atoms with Crippen LogP contribution in [0.15, 0.2) is 42.6 Å². The van der Waals surface area contributed by atoms with Gasteiger partial charge in [-0.2, -0.15) is 13.2 Å². The molecule has 2 N–H and O–H groups in total. The number of halogens is 3. The van der Waals surface area contributed by atoms with E-state index in [1.165, 1.54) is 0 Å². The first-order valence-corrected chi connectivity index (χ1v) is 6.84. The number of hydrogen-bond acceptors (Lipinski definition) is 2. The first kappa shape index (κ1) is 13.9. The molecule has 1 aliphatic rings. The average Bonchev–Trinajstić information content (AvgIpc) is 2.40. The minimum Gasteiger partial charge on any atom is -0.397 e. The molecule has 1 aromatic heterocycles. The summed E-state index contributed by atoms with van der Waals surface area (Å²) in [4.78, 5) is 4.33. The zero-order valence-electron chi connectivity index (χ0n) is 11.3. The molecule has 1 aromatic carbocycles. The van der Waals surface area contributed by atoms with Crippen LogP contribution in [0.5, 0.6) is 0 Å². The standard InChI is InChI=1S/C16H15F3N2/c17-16(18,19)11-5-3-10(4-6-11)12-7-8-13(12)15-14(20)2-1-9-21-15/h1-6,9,12-13H,7-8,20H2. The van der Waals surface area contributed by atoms with Gasteiger partial charge in [-0.1, -0.05) is 12.1 Å². The van der Waals surface area contributed by atoms with Gasteiger partial charge in [-0.25, -0.2) is 0 Å². The Morgan fingerprint density at radius 2 is 1.67 bits per heavy atom. The number of benzene rings is 1. The number of nitrogen functional groups attached to an aromatic ring is 1. The van der Waals surface area contributed by atoms with Gasteiger partial charge in [0.1, 0.15) is 0 Å². The maximum Gasteiger partial charge on any atom is 0.416 e. The summed E-state index contributed by atoms with van der Waals surface area (Å²) in [5, 5.41) is 0. The molecule has 1 saturated carbocycles. The third-order valence-electron chi connectivity index (χ3n) is 4.16. The van der Waals surface area contributed by atoms with Crippen molar-refractivity contribution in [3.8, 4) is 0 Å². The van der Waals surface area contributed by atoms with Crippen LogP contribution in [0.2, 0.25) is 0 Å². The molecule has 3 rings (SSSR count). The number of aromatic nitrogens is 1. The molecule has 2 unspecified atom stereocenters. The smallest absolute Gasteiger partial charge is 0.397 e. The molecule has 1 heterocycles. The molecule has 1 fully saturated rings. The second-order valence-electron chi connectivity index (χ2n) is 5.39. The van der Waals surface area contributed by atoms with E-state index in [0.29, 0.717) is 5.69 Å². The Labute approximate surface area is 120 Å². The van der Waals surface area contributed by atoms with Crippen LogP contribution in [0.1, 0.15) is 41.5 Å². The molecule has 0 aliphatic heterocycles. The molecule has 0 radical (unpaired) electrons. The van der Waals surface area contributed by atoms with Crippen molar-refractivity contribution >= 4 is 5.69 Å². The monoisotopic (exact) mass is 292 g/mol. The molecule has 110 valence electrons. The zero-order valence-corrected chi connectivity index (χ0v) is 11.3. The zero-order chi connectivity index (χ0) is 15.0. The van der Waals surface area contributed by atoms with Crippen molar-refractivity contribution < 1.29 is 13.2 Å². The van der Waals surface area contributed by atoms with Crippen LogP contribution in [-0.4, -0.2) is 4.98 Å². The summed E-state index contributed by atoms with van der Waals surface area (Å²) in [6.07, 6.45) is -0.671. The predicted octanol–water partition coefficient (Wildman–Crippen LogP) is 4.34. The van der Waals surface area contributed by atoms with Crippen LogP contribution in [0.25, 0.3) is 0 Å². The number of anilines is 1. The predicted molar refractivity (Wildman–Crippen MR) is 74.8 cm³/mol. The number of nitrogens with zero attached hydrogens (tertiary/aromatic N) is 1. The molecule has 2 aromatic rings. The Kier molecular flexibility index (Phi) is 3.35. The van der Waals surface area contributed by atoms with Crippen LogP contribution in [0, 0.1) is 0 Å². The fraction of sp³-hybridized carbons (Fsp3) is 0.312. The summed E-state index contributed by atoms with van der Waals surface area (Å²) in [6, 6.07) is 9.02. The molecule has 2 nitrogen and oxygen atoms in total. The highest BCUT2D eigenvalue weighted by Gasteiger charge is 2.36. The summed E-state index contributed by atoms with van der Waals surface area (Å²) < 4.78 is 37.8. The van der Waals surface area contributed by atoms with E-state index in [-0.39, 0.29) is 11.8 Å². The summed E-state index contributed by atoms with van der Waals surface area (Å²) in [5.74, 6) is 0.396. The number of rotatable bonds is 2. The largest absolute Gasteiger partial charge is 0.416 e. The van der Waals surface area contributed by atoms with Crippen LogP contribution in [-0.2, 0) is 6.18 Å². The van der Waals surface area contributed by atoms with Gasteiger partial charge in [-0.3, -0.25) is 4.98 Å². The first-order chi connectivity index (χ1) is 9.97. The van der Waals surface area contributed by atoms with E-state index in [2.05, 4.69) is 4.98 Å². The van der Waals surface area contributed by atoms with Gasteiger partial charge < -0.3 is 5.73 Å². The minimum atomic E-state index is -4.29. The van der Waals surface area contributed by atoms with Crippen molar-refractivity contribution in [1.82, 2.24) is 4.98 Å². The van der Waals surface area contributed by atoms with E-state index in [4.69, 9.17) is 5.73 Å². The molecule has 0 spiro atoms. The fourth-order valence-electron chi connectivity index (χ4n) is 2.89. The summed E-state index contributed by atoms with van der Waals surface area (Å²) in [5.41, 5.74) is 7.76. The molecule has 1 aliphatic carbocycles. The van der Waals surface area contributed by atoms with Crippen molar-refractivity contribution in [3.05, 3.63) is 59.4 Å². The Morgan fingerprint density at radius 1 is 1.00 bits per heavy atom. The Balaban J connectivity index is 1.83. The van der Waals surface area contributed by atoms with E-state index in [1.54, 1.807) is 24.4 Å². The quantitative estimate of drug-likeness (QED) is 0.894. The van der Waals surface area contributed by atoms with Crippen LogP contribution in [0.3, 0.4) is 0 Å². The van der Waals surface area contributed by atoms with Crippen LogP contribution >= 0.6 is 0 Å². The summed E-state index contributed by atoms with van der Waals surface area (Å²) in [6.45, 7) is 0.